The number of anilines is 1. The van der Waals surface area contributed by atoms with Gasteiger partial charge in [-0.15, -0.1) is 0 Å². The van der Waals surface area contributed by atoms with E-state index in [1.807, 2.05) is 20.8 Å². The minimum Gasteiger partial charge on any atom is -0.501 e. The zero-order chi connectivity index (χ0) is 29.7. The van der Waals surface area contributed by atoms with Crippen molar-refractivity contribution in [2.75, 3.05) is 52.4 Å². The van der Waals surface area contributed by atoms with E-state index in [1.54, 1.807) is 14.2 Å². The van der Waals surface area contributed by atoms with Crippen LogP contribution < -0.4 is 10.1 Å². The Kier molecular flexibility index (Phi) is 10.5. The van der Waals surface area contributed by atoms with Crippen molar-refractivity contribution in [1.82, 2.24) is 9.88 Å². The van der Waals surface area contributed by atoms with Gasteiger partial charge in [-0.05, 0) is 89.2 Å². The molecule has 0 spiro atoms. The molecule has 2 aliphatic heterocycles. The van der Waals surface area contributed by atoms with Gasteiger partial charge in [0.2, 0.25) is 0 Å². The Labute approximate surface area is 252 Å². The molecule has 0 aromatic carbocycles. The first-order chi connectivity index (χ1) is 20.3. The summed E-state index contributed by atoms with van der Waals surface area (Å²) >= 11 is 0. The van der Waals surface area contributed by atoms with Gasteiger partial charge >= 0.3 is 0 Å². The van der Waals surface area contributed by atoms with E-state index in [2.05, 4.69) is 22.4 Å². The number of nitrogens with zero attached hydrogens (tertiary/aromatic N) is 2. The molecule has 1 aromatic heterocycles. The Balaban J connectivity index is 1.06. The first-order valence-electron chi connectivity index (χ1n) is 16.2. The Morgan fingerprint density at radius 2 is 1.90 bits per heavy atom. The number of hydrogen-bond donors (Lipinski definition) is 2. The van der Waals surface area contributed by atoms with E-state index in [-0.39, 0.29) is 6.04 Å². The second-order valence-electron chi connectivity index (χ2n) is 13.5. The second kappa shape index (κ2) is 14.1. The van der Waals surface area contributed by atoms with Crippen LogP contribution in [-0.2, 0) is 27.1 Å². The third-order valence-electron chi connectivity index (χ3n) is 8.85. The highest BCUT2D eigenvalue weighted by molar-refractivity contribution is 5.54. The molecule has 2 unspecified atom stereocenters. The predicted molar refractivity (Wildman–Crippen MR) is 166 cm³/mol. The van der Waals surface area contributed by atoms with Gasteiger partial charge in [0, 0.05) is 55.9 Å². The first kappa shape index (κ1) is 31.3. The van der Waals surface area contributed by atoms with Gasteiger partial charge in [0.05, 0.1) is 38.2 Å². The third kappa shape index (κ3) is 7.87. The summed E-state index contributed by atoms with van der Waals surface area (Å²) in [6.45, 7) is 10.4. The average Bonchev–Trinajstić information content (AvgIpc) is 3.78. The molecule has 2 atom stereocenters. The van der Waals surface area contributed by atoms with Crippen LogP contribution in [-0.4, -0.2) is 80.0 Å². The van der Waals surface area contributed by atoms with Crippen LogP contribution in [0.5, 0.6) is 5.75 Å². The molecule has 0 amide bonds. The van der Waals surface area contributed by atoms with Gasteiger partial charge in [-0.3, -0.25) is 4.90 Å². The topological polar surface area (TPSA) is 85.3 Å². The molecule has 1 saturated heterocycles. The molecule has 2 aliphatic carbocycles. The van der Waals surface area contributed by atoms with Crippen molar-refractivity contribution in [3.05, 3.63) is 40.3 Å². The van der Waals surface area contributed by atoms with Crippen molar-refractivity contribution >= 4 is 5.82 Å². The highest BCUT2D eigenvalue weighted by Crippen LogP contribution is 2.47. The Morgan fingerprint density at radius 1 is 1.10 bits per heavy atom. The number of hydrogen-bond acceptors (Lipinski definition) is 8. The number of ether oxygens (including phenoxy) is 4. The maximum Gasteiger partial charge on any atom is 0.175 e. The lowest BCUT2D eigenvalue weighted by Gasteiger charge is -2.48. The molecule has 1 saturated carbocycles. The molecule has 2 N–H and O–H groups in total. The number of likely N-dealkylation sites (tertiary alicyclic amines) is 1. The molecule has 8 nitrogen and oxygen atoms in total. The molecular formula is C34H53N3O5. The molecule has 2 fully saturated rings. The lowest BCUT2D eigenvalue weighted by molar-refractivity contribution is -0.200. The third-order valence-corrected chi connectivity index (χ3v) is 8.85. The van der Waals surface area contributed by atoms with E-state index in [0.717, 1.165) is 107 Å². The number of aliphatic hydroxyl groups is 1. The minimum atomic E-state index is -0.886. The summed E-state index contributed by atoms with van der Waals surface area (Å²) in [5.74, 6) is 4.11. The van der Waals surface area contributed by atoms with Crippen LogP contribution in [0.4, 0.5) is 5.82 Å². The number of fused-ring (bicyclic) bond motifs is 1. The quantitative estimate of drug-likeness (QED) is 0.203. The number of nitrogens with one attached hydrogen (secondary N) is 1. The van der Waals surface area contributed by atoms with Crippen molar-refractivity contribution in [2.45, 2.75) is 103 Å². The normalized spacial score (nSPS) is 21.2. The van der Waals surface area contributed by atoms with Gasteiger partial charge in [0.25, 0.3) is 0 Å². The standard InChI is InChI=1S/C34H53N3O5/c1-34(2,3)42-33(38)31(27-12-9-14-28(39-4)30(27)24-15-16-24)37-20-23(21-37)22-41-18-8-6-7-11-25-19-29(40-5)26-13-10-17-35-32(26)36-25/h12,19,23-24,31,33,38H,6-11,13-18,20-22H2,1-5H3,(H,35,36). The zero-order valence-electron chi connectivity index (χ0n) is 26.5. The lowest BCUT2D eigenvalue weighted by Crippen LogP contribution is -2.59. The lowest BCUT2D eigenvalue weighted by atomic mass is 9.84. The number of aromatic nitrogens is 1. The van der Waals surface area contributed by atoms with Gasteiger partial charge in [0.1, 0.15) is 11.6 Å². The Morgan fingerprint density at radius 3 is 2.62 bits per heavy atom. The fourth-order valence-corrected chi connectivity index (χ4v) is 6.70. The number of aryl methyl sites for hydroxylation is 1. The molecule has 234 valence electrons. The molecular weight excluding hydrogens is 530 g/mol. The van der Waals surface area contributed by atoms with Crippen LogP contribution in [0.2, 0.25) is 0 Å². The summed E-state index contributed by atoms with van der Waals surface area (Å²) in [4.78, 5) is 7.22. The van der Waals surface area contributed by atoms with Gasteiger partial charge in [-0.25, -0.2) is 4.98 Å². The van der Waals surface area contributed by atoms with Gasteiger partial charge < -0.3 is 29.4 Å². The molecule has 0 bridgehead atoms. The second-order valence-corrected chi connectivity index (χ2v) is 13.5. The number of aliphatic hydroxyl groups excluding tert-OH is 1. The summed E-state index contributed by atoms with van der Waals surface area (Å²) < 4.78 is 23.7. The summed E-state index contributed by atoms with van der Waals surface area (Å²) in [7, 11) is 3.54. The van der Waals surface area contributed by atoms with E-state index in [4.69, 9.17) is 23.9 Å². The summed E-state index contributed by atoms with van der Waals surface area (Å²) in [6, 6.07) is 1.94. The Bertz CT molecular complexity index is 1100. The largest absolute Gasteiger partial charge is 0.501 e. The van der Waals surface area contributed by atoms with Crippen molar-refractivity contribution in [3.63, 3.8) is 0 Å². The van der Waals surface area contributed by atoms with Gasteiger partial charge in [0.15, 0.2) is 6.29 Å². The van der Waals surface area contributed by atoms with E-state index in [9.17, 15) is 5.11 Å². The molecule has 5 rings (SSSR count). The molecule has 8 heteroatoms. The summed E-state index contributed by atoms with van der Waals surface area (Å²) in [6.07, 6.45) is 12.1. The van der Waals surface area contributed by atoms with Crippen molar-refractivity contribution in [1.29, 1.82) is 0 Å². The van der Waals surface area contributed by atoms with E-state index >= 15 is 0 Å². The van der Waals surface area contributed by atoms with E-state index in [0.29, 0.717) is 11.8 Å². The van der Waals surface area contributed by atoms with Crippen LogP contribution in [0.3, 0.4) is 0 Å². The van der Waals surface area contributed by atoms with Crippen molar-refractivity contribution < 1.29 is 24.1 Å². The SMILES string of the molecule is COC1=C(C2CC2)C(C(C(O)OC(C)(C)C)N2CC(COCCCCCc3cc(OC)c4c(n3)NCCC4)C2)=CCC1. The number of pyridine rings is 1. The highest BCUT2D eigenvalue weighted by Gasteiger charge is 2.44. The molecule has 1 aromatic rings. The zero-order valence-corrected chi connectivity index (χ0v) is 26.5. The number of rotatable bonds is 15. The monoisotopic (exact) mass is 583 g/mol. The fraction of sp³-hybridized carbons (Fsp3) is 0.735. The number of unbranched alkanes of at least 4 members (excludes halogenated alkanes) is 2. The van der Waals surface area contributed by atoms with Gasteiger partial charge in [-0.2, -0.15) is 0 Å². The molecule has 0 radical (unpaired) electrons. The minimum absolute atomic E-state index is 0.174. The maximum atomic E-state index is 11.3. The Hall–Kier alpha value is -2.13. The van der Waals surface area contributed by atoms with Gasteiger partial charge in [-0.1, -0.05) is 12.5 Å². The molecule has 4 aliphatic rings. The number of allylic oxidation sites excluding steroid dienone is 2. The smallest absolute Gasteiger partial charge is 0.175 e. The van der Waals surface area contributed by atoms with Crippen LogP contribution in [0, 0.1) is 11.8 Å². The van der Waals surface area contributed by atoms with Crippen molar-refractivity contribution in [3.8, 4) is 5.75 Å². The van der Waals surface area contributed by atoms with Crippen LogP contribution in [0.1, 0.15) is 83.4 Å². The predicted octanol–water partition coefficient (Wildman–Crippen LogP) is 5.64. The maximum absolute atomic E-state index is 11.3. The van der Waals surface area contributed by atoms with Crippen molar-refractivity contribution in [2.24, 2.45) is 11.8 Å². The van der Waals surface area contributed by atoms with E-state index in [1.165, 1.54) is 29.6 Å². The van der Waals surface area contributed by atoms with Crippen LogP contribution >= 0.6 is 0 Å². The summed E-state index contributed by atoms with van der Waals surface area (Å²) in [5, 5.41) is 14.8. The fourth-order valence-electron chi connectivity index (χ4n) is 6.70. The first-order valence-corrected chi connectivity index (χ1v) is 16.2. The van der Waals surface area contributed by atoms with E-state index < -0.39 is 11.9 Å². The number of methoxy groups -OCH3 is 2. The highest BCUT2D eigenvalue weighted by atomic mass is 16.6. The van der Waals surface area contributed by atoms with Crippen LogP contribution in [0.15, 0.2) is 29.0 Å². The molecule has 42 heavy (non-hydrogen) atoms. The summed E-state index contributed by atoms with van der Waals surface area (Å²) in [5.41, 5.74) is 4.44. The average molecular weight is 584 g/mol. The molecule has 3 heterocycles. The van der Waals surface area contributed by atoms with Crippen LogP contribution in [0.25, 0.3) is 0 Å².